The van der Waals surface area contributed by atoms with E-state index in [0.717, 1.165) is 18.7 Å². The molecule has 20 heavy (non-hydrogen) atoms. The zero-order valence-corrected chi connectivity index (χ0v) is 14.2. The van der Waals surface area contributed by atoms with Gasteiger partial charge in [-0.15, -0.1) is 0 Å². The summed E-state index contributed by atoms with van der Waals surface area (Å²) in [6, 6.07) is 5.09. The summed E-state index contributed by atoms with van der Waals surface area (Å²) in [6.45, 7) is 14.5. The Morgan fingerprint density at radius 1 is 1.25 bits per heavy atom. The van der Waals surface area contributed by atoms with E-state index >= 15 is 0 Å². The number of rotatable bonds is 6. The van der Waals surface area contributed by atoms with Crippen LogP contribution in [0.15, 0.2) is 18.3 Å². The van der Waals surface area contributed by atoms with Crippen molar-refractivity contribution < 1.29 is 0 Å². The number of nitrogens with zero attached hydrogens (tertiary/aromatic N) is 2. The maximum atomic E-state index is 4.61. The largest absolute Gasteiger partial charge is 0.370 e. The quantitative estimate of drug-likeness (QED) is 0.851. The van der Waals surface area contributed by atoms with Crippen molar-refractivity contribution in [3.05, 3.63) is 24.0 Å². The highest BCUT2D eigenvalue weighted by Gasteiger charge is 2.24. The minimum absolute atomic E-state index is 0.253. The Labute approximate surface area is 124 Å². The van der Waals surface area contributed by atoms with Crippen LogP contribution in [0.4, 0.5) is 5.69 Å². The lowest BCUT2D eigenvalue weighted by Crippen LogP contribution is -2.39. The molecule has 1 heterocycles. The Hall–Kier alpha value is -1.09. The fraction of sp³-hybridized carbons (Fsp3) is 0.706. The van der Waals surface area contributed by atoms with E-state index in [-0.39, 0.29) is 5.41 Å². The number of hydrogen-bond acceptors (Lipinski definition) is 3. The molecule has 3 nitrogen and oxygen atoms in total. The third kappa shape index (κ3) is 4.48. The van der Waals surface area contributed by atoms with Gasteiger partial charge in [0.25, 0.3) is 0 Å². The Morgan fingerprint density at radius 2 is 1.90 bits per heavy atom. The van der Waals surface area contributed by atoms with Crippen molar-refractivity contribution in [3.8, 4) is 0 Å². The molecule has 1 N–H and O–H groups in total. The van der Waals surface area contributed by atoms with Gasteiger partial charge in [0.15, 0.2) is 0 Å². The van der Waals surface area contributed by atoms with Crippen LogP contribution in [0.2, 0.25) is 0 Å². The Bertz CT molecular complexity index is 392. The van der Waals surface area contributed by atoms with Crippen molar-refractivity contribution in [3.63, 3.8) is 0 Å². The summed E-state index contributed by atoms with van der Waals surface area (Å²) in [6.07, 6.45) is 3.13. The van der Waals surface area contributed by atoms with Gasteiger partial charge in [-0.2, -0.15) is 0 Å². The molecule has 0 amide bonds. The monoisotopic (exact) mass is 277 g/mol. The second-order valence-corrected chi connectivity index (χ2v) is 6.77. The van der Waals surface area contributed by atoms with Crippen LogP contribution >= 0.6 is 0 Å². The topological polar surface area (TPSA) is 28.2 Å². The molecule has 0 bridgehead atoms. The molecule has 114 valence electrons. The molecule has 1 rings (SSSR count). The molecule has 0 spiro atoms. The molecule has 0 fully saturated rings. The van der Waals surface area contributed by atoms with Gasteiger partial charge in [-0.25, -0.2) is 0 Å². The average molecular weight is 277 g/mol. The molecule has 0 radical (unpaired) electrons. The first kappa shape index (κ1) is 17.0. The van der Waals surface area contributed by atoms with Crippen LogP contribution in [0.1, 0.15) is 59.7 Å². The van der Waals surface area contributed by atoms with Gasteiger partial charge in [-0.3, -0.25) is 4.98 Å². The first-order valence-electron chi connectivity index (χ1n) is 7.69. The molecule has 0 aliphatic carbocycles. The summed E-state index contributed by atoms with van der Waals surface area (Å²) in [7, 11) is 2.14. The molecule has 0 aliphatic heterocycles. The van der Waals surface area contributed by atoms with Gasteiger partial charge in [0.2, 0.25) is 0 Å². The SMILES string of the molecule is CCCNC(C)c1ccc(N(C)C(C)C(C)(C)C)cn1. The number of aromatic nitrogens is 1. The molecule has 0 saturated heterocycles. The minimum Gasteiger partial charge on any atom is -0.370 e. The molecule has 0 saturated carbocycles. The molecular weight excluding hydrogens is 246 g/mol. The van der Waals surface area contributed by atoms with E-state index in [1.807, 2.05) is 6.20 Å². The van der Waals surface area contributed by atoms with E-state index in [1.165, 1.54) is 5.69 Å². The summed E-state index contributed by atoms with van der Waals surface area (Å²) in [5.74, 6) is 0. The van der Waals surface area contributed by atoms with Gasteiger partial charge < -0.3 is 10.2 Å². The van der Waals surface area contributed by atoms with Crippen molar-refractivity contribution in [2.75, 3.05) is 18.5 Å². The smallest absolute Gasteiger partial charge is 0.0572 e. The van der Waals surface area contributed by atoms with Gasteiger partial charge in [0, 0.05) is 19.1 Å². The van der Waals surface area contributed by atoms with Crippen LogP contribution in [0.25, 0.3) is 0 Å². The van der Waals surface area contributed by atoms with Crippen molar-refractivity contribution >= 4 is 5.69 Å². The predicted octanol–water partition coefficient (Wildman–Crippen LogP) is 4.01. The molecule has 1 aromatic heterocycles. The van der Waals surface area contributed by atoms with Crippen LogP contribution in [0.3, 0.4) is 0 Å². The lowest BCUT2D eigenvalue weighted by atomic mass is 9.87. The first-order valence-corrected chi connectivity index (χ1v) is 7.69. The highest BCUT2D eigenvalue weighted by molar-refractivity contribution is 5.45. The predicted molar refractivity (Wildman–Crippen MR) is 88.3 cm³/mol. The summed E-state index contributed by atoms with van der Waals surface area (Å²) in [5.41, 5.74) is 2.54. The number of pyridine rings is 1. The molecule has 0 aromatic carbocycles. The van der Waals surface area contributed by atoms with Gasteiger partial charge in [-0.05, 0) is 44.4 Å². The van der Waals surface area contributed by atoms with Crippen LogP contribution in [-0.2, 0) is 0 Å². The number of nitrogens with one attached hydrogen (secondary N) is 1. The lowest BCUT2D eigenvalue weighted by Gasteiger charge is -2.36. The number of anilines is 1. The average Bonchev–Trinajstić information content (AvgIpc) is 2.42. The standard InChI is InChI=1S/C17H31N3/c1-8-11-18-13(2)16-10-9-15(12-19-16)20(7)14(3)17(4,5)6/h9-10,12-14,18H,8,11H2,1-7H3. The van der Waals surface area contributed by atoms with Crippen LogP contribution in [0.5, 0.6) is 0 Å². The fourth-order valence-corrected chi connectivity index (χ4v) is 2.13. The zero-order chi connectivity index (χ0) is 15.3. The van der Waals surface area contributed by atoms with E-state index < -0.39 is 0 Å². The Balaban J connectivity index is 2.75. The number of hydrogen-bond donors (Lipinski definition) is 1. The molecular formula is C17H31N3. The Morgan fingerprint density at radius 3 is 2.35 bits per heavy atom. The van der Waals surface area contributed by atoms with Crippen LogP contribution < -0.4 is 10.2 Å². The lowest BCUT2D eigenvalue weighted by molar-refractivity contribution is 0.329. The molecule has 2 atom stereocenters. The normalized spacial score (nSPS) is 14.9. The van der Waals surface area contributed by atoms with E-state index in [2.05, 4.69) is 75.9 Å². The van der Waals surface area contributed by atoms with Crippen molar-refractivity contribution in [2.45, 2.75) is 60.0 Å². The van der Waals surface area contributed by atoms with Crippen molar-refractivity contribution in [1.82, 2.24) is 10.3 Å². The molecule has 3 heteroatoms. The van der Waals surface area contributed by atoms with Gasteiger partial charge in [-0.1, -0.05) is 27.7 Å². The Kier molecular flexibility index (Phi) is 6.00. The van der Waals surface area contributed by atoms with Crippen LogP contribution in [0, 0.1) is 5.41 Å². The fourth-order valence-electron chi connectivity index (χ4n) is 2.13. The minimum atomic E-state index is 0.253. The van der Waals surface area contributed by atoms with Crippen molar-refractivity contribution in [2.24, 2.45) is 5.41 Å². The third-order valence-corrected chi connectivity index (χ3v) is 4.16. The van der Waals surface area contributed by atoms with Crippen molar-refractivity contribution in [1.29, 1.82) is 0 Å². The van der Waals surface area contributed by atoms with E-state index in [0.29, 0.717) is 12.1 Å². The summed E-state index contributed by atoms with van der Waals surface area (Å²) in [5, 5.41) is 3.47. The summed E-state index contributed by atoms with van der Waals surface area (Å²) < 4.78 is 0. The van der Waals surface area contributed by atoms with Crippen LogP contribution in [-0.4, -0.2) is 24.6 Å². The first-order chi connectivity index (χ1) is 9.27. The van der Waals surface area contributed by atoms with Gasteiger partial charge >= 0.3 is 0 Å². The summed E-state index contributed by atoms with van der Waals surface area (Å²) >= 11 is 0. The van der Waals surface area contributed by atoms with Gasteiger partial charge in [0.1, 0.15) is 0 Å². The molecule has 0 aliphatic rings. The second-order valence-electron chi connectivity index (χ2n) is 6.77. The molecule has 2 unspecified atom stereocenters. The third-order valence-electron chi connectivity index (χ3n) is 4.16. The maximum absolute atomic E-state index is 4.61. The van der Waals surface area contributed by atoms with E-state index in [4.69, 9.17) is 0 Å². The van der Waals surface area contributed by atoms with E-state index in [9.17, 15) is 0 Å². The highest BCUT2D eigenvalue weighted by atomic mass is 15.1. The maximum Gasteiger partial charge on any atom is 0.0572 e. The van der Waals surface area contributed by atoms with E-state index in [1.54, 1.807) is 0 Å². The second kappa shape index (κ2) is 7.07. The van der Waals surface area contributed by atoms with Gasteiger partial charge in [0.05, 0.1) is 17.6 Å². The highest BCUT2D eigenvalue weighted by Crippen LogP contribution is 2.27. The molecule has 1 aromatic rings. The summed E-state index contributed by atoms with van der Waals surface area (Å²) in [4.78, 5) is 6.92. The zero-order valence-electron chi connectivity index (χ0n) is 14.2.